The molecule has 0 spiro atoms. The highest BCUT2D eigenvalue weighted by atomic mass is 16.6. The van der Waals surface area contributed by atoms with Crippen LogP contribution in [0.1, 0.15) is 34.5 Å². The van der Waals surface area contributed by atoms with Crippen LogP contribution >= 0.6 is 0 Å². The molecule has 1 amide bonds. The molecular formula is C27H22N2O8. The molecule has 0 unspecified atom stereocenters. The summed E-state index contributed by atoms with van der Waals surface area (Å²) in [5.74, 6) is -2.36. The predicted octanol–water partition coefficient (Wildman–Crippen LogP) is 4.41. The third-order valence-corrected chi connectivity index (χ3v) is 5.86. The number of amides is 1. The van der Waals surface area contributed by atoms with E-state index in [0.717, 1.165) is 4.90 Å². The highest BCUT2D eigenvalue weighted by Crippen LogP contribution is 2.43. The minimum atomic E-state index is -1.17. The normalized spacial score (nSPS) is 16.5. The molecule has 1 atom stereocenters. The Bertz CT molecular complexity index is 1410. The summed E-state index contributed by atoms with van der Waals surface area (Å²) in [5.41, 5.74) is 0.521. The molecule has 10 heteroatoms. The molecule has 0 bridgehead atoms. The van der Waals surface area contributed by atoms with Crippen LogP contribution in [-0.2, 0) is 14.3 Å². The van der Waals surface area contributed by atoms with E-state index in [1.54, 1.807) is 19.1 Å². The van der Waals surface area contributed by atoms with Crippen molar-refractivity contribution in [3.63, 3.8) is 0 Å². The molecule has 10 nitrogen and oxygen atoms in total. The van der Waals surface area contributed by atoms with Gasteiger partial charge in [-0.15, -0.1) is 0 Å². The van der Waals surface area contributed by atoms with Crippen LogP contribution in [0.4, 0.5) is 11.4 Å². The van der Waals surface area contributed by atoms with Crippen LogP contribution in [0, 0.1) is 10.1 Å². The molecule has 0 aromatic heterocycles. The summed E-state index contributed by atoms with van der Waals surface area (Å²) in [5, 5.41) is 22.6. The quantitative estimate of drug-likeness (QED) is 0.125. The van der Waals surface area contributed by atoms with Gasteiger partial charge >= 0.3 is 5.97 Å². The number of ether oxygens (including phenoxy) is 2. The van der Waals surface area contributed by atoms with Gasteiger partial charge in [-0.2, -0.15) is 0 Å². The minimum Gasteiger partial charge on any atom is -0.507 e. The molecule has 1 N–H and O–H groups in total. The lowest BCUT2D eigenvalue weighted by Crippen LogP contribution is -2.29. The number of hydrogen-bond donors (Lipinski definition) is 1. The number of nitrogens with zero attached hydrogens (tertiary/aromatic N) is 2. The number of nitro groups is 1. The van der Waals surface area contributed by atoms with Crippen LogP contribution in [0.25, 0.3) is 5.76 Å². The fourth-order valence-electron chi connectivity index (χ4n) is 4.10. The number of ketones is 1. The summed E-state index contributed by atoms with van der Waals surface area (Å²) in [6.45, 7) is 1.86. The number of hydrogen-bond acceptors (Lipinski definition) is 8. The Kier molecular flexibility index (Phi) is 7.01. The smallest absolute Gasteiger partial charge is 0.338 e. The van der Waals surface area contributed by atoms with E-state index in [-0.39, 0.29) is 40.2 Å². The molecule has 0 radical (unpaired) electrons. The van der Waals surface area contributed by atoms with Gasteiger partial charge in [0.25, 0.3) is 17.4 Å². The maximum absolute atomic E-state index is 13.3. The number of aliphatic hydroxyl groups excluding tert-OH is 1. The molecule has 3 aromatic carbocycles. The second-order valence-electron chi connectivity index (χ2n) is 8.02. The number of aliphatic hydroxyl groups is 1. The summed E-state index contributed by atoms with van der Waals surface area (Å²) in [4.78, 5) is 50.6. The summed E-state index contributed by atoms with van der Waals surface area (Å²) in [6.07, 6.45) is 0. The topological polar surface area (TPSA) is 136 Å². The second kappa shape index (κ2) is 10.3. The van der Waals surface area contributed by atoms with E-state index in [2.05, 4.69) is 0 Å². The SMILES string of the molecule is CCOC(=O)c1ccc(N2C(=O)C(=O)/C(=C(/O)c3ccc(OC)cc3)[C@H]2c2cccc([N+](=O)[O-])c2)cc1. The third kappa shape index (κ3) is 4.76. The zero-order chi connectivity index (χ0) is 26.7. The van der Waals surface area contributed by atoms with Crippen molar-refractivity contribution in [1.29, 1.82) is 0 Å². The highest BCUT2D eigenvalue weighted by molar-refractivity contribution is 6.51. The van der Waals surface area contributed by atoms with Crippen LogP contribution in [0.2, 0.25) is 0 Å². The Labute approximate surface area is 211 Å². The third-order valence-electron chi connectivity index (χ3n) is 5.86. The Hall–Kier alpha value is -4.99. The van der Waals surface area contributed by atoms with Crippen molar-refractivity contribution in [2.75, 3.05) is 18.6 Å². The van der Waals surface area contributed by atoms with Crippen LogP contribution in [0.5, 0.6) is 5.75 Å². The van der Waals surface area contributed by atoms with Gasteiger partial charge in [0.2, 0.25) is 0 Å². The van der Waals surface area contributed by atoms with Crippen LogP contribution in [-0.4, -0.2) is 41.4 Å². The Morgan fingerprint density at radius 3 is 2.27 bits per heavy atom. The van der Waals surface area contributed by atoms with Gasteiger partial charge in [0, 0.05) is 23.4 Å². The molecule has 0 aliphatic carbocycles. The lowest BCUT2D eigenvalue weighted by molar-refractivity contribution is -0.384. The zero-order valence-corrected chi connectivity index (χ0v) is 19.9. The first-order valence-corrected chi connectivity index (χ1v) is 11.2. The van der Waals surface area contributed by atoms with Crippen molar-refractivity contribution < 1.29 is 33.9 Å². The second-order valence-corrected chi connectivity index (χ2v) is 8.02. The molecule has 1 saturated heterocycles. The molecule has 1 aliphatic rings. The number of carbonyl (C=O) groups is 3. The fraction of sp³-hybridized carbons (Fsp3) is 0.148. The Morgan fingerprint density at radius 1 is 1.03 bits per heavy atom. The van der Waals surface area contributed by atoms with E-state index in [9.17, 15) is 29.6 Å². The molecule has 1 aliphatic heterocycles. The maximum atomic E-state index is 13.3. The monoisotopic (exact) mass is 502 g/mol. The van der Waals surface area contributed by atoms with Gasteiger partial charge in [-0.1, -0.05) is 12.1 Å². The van der Waals surface area contributed by atoms with Crippen LogP contribution < -0.4 is 9.64 Å². The van der Waals surface area contributed by atoms with E-state index in [1.165, 1.54) is 67.8 Å². The van der Waals surface area contributed by atoms with Crippen molar-refractivity contribution in [1.82, 2.24) is 0 Å². The number of benzene rings is 3. The fourth-order valence-corrected chi connectivity index (χ4v) is 4.10. The first kappa shape index (κ1) is 25.1. The van der Waals surface area contributed by atoms with Gasteiger partial charge in [-0.05, 0) is 61.0 Å². The van der Waals surface area contributed by atoms with Crippen LogP contribution in [0.15, 0.2) is 78.4 Å². The largest absolute Gasteiger partial charge is 0.507 e. The van der Waals surface area contributed by atoms with E-state index < -0.39 is 34.4 Å². The van der Waals surface area contributed by atoms with Gasteiger partial charge < -0.3 is 14.6 Å². The summed E-state index contributed by atoms with van der Waals surface area (Å²) >= 11 is 0. The summed E-state index contributed by atoms with van der Waals surface area (Å²) in [6, 6.07) is 16.4. The summed E-state index contributed by atoms with van der Waals surface area (Å²) in [7, 11) is 1.48. The number of rotatable bonds is 7. The summed E-state index contributed by atoms with van der Waals surface area (Å²) < 4.78 is 10.1. The van der Waals surface area contributed by atoms with Crippen LogP contribution in [0.3, 0.4) is 0 Å². The van der Waals surface area contributed by atoms with Crippen molar-refractivity contribution >= 4 is 34.8 Å². The van der Waals surface area contributed by atoms with Crippen molar-refractivity contribution in [3.8, 4) is 5.75 Å². The average molecular weight is 502 g/mol. The number of methoxy groups -OCH3 is 1. The standard InChI is InChI=1S/C27H22N2O8/c1-3-37-27(33)17-7-11-19(12-8-17)28-23(18-5-4-6-20(15-18)29(34)35)22(25(31)26(28)32)24(30)16-9-13-21(36-2)14-10-16/h4-15,23,30H,3H2,1-2H3/b24-22+/t23-/m1/s1. The lowest BCUT2D eigenvalue weighted by atomic mass is 9.94. The molecule has 188 valence electrons. The van der Waals surface area contributed by atoms with E-state index in [1.807, 2.05) is 0 Å². The molecule has 4 rings (SSSR count). The molecule has 37 heavy (non-hydrogen) atoms. The van der Waals surface area contributed by atoms with Gasteiger partial charge in [0.05, 0.1) is 35.8 Å². The maximum Gasteiger partial charge on any atom is 0.338 e. The van der Waals surface area contributed by atoms with Gasteiger partial charge in [0.1, 0.15) is 11.5 Å². The van der Waals surface area contributed by atoms with Gasteiger partial charge in [-0.25, -0.2) is 4.79 Å². The molecule has 1 heterocycles. The number of Topliss-reactive ketones (excluding diaryl/α,β-unsaturated/α-hetero) is 1. The minimum absolute atomic E-state index is 0.188. The first-order chi connectivity index (χ1) is 17.8. The Morgan fingerprint density at radius 2 is 1.68 bits per heavy atom. The van der Waals surface area contributed by atoms with Crippen molar-refractivity contribution in [3.05, 3.63) is 105 Å². The van der Waals surface area contributed by atoms with Crippen molar-refractivity contribution in [2.24, 2.45) is 0 Å². The van der Waals surface area contributed by atoms with Crippen molar-refractivity contribution in [2.45, 2.75) is 13.0 Å². The van der Waals surface area contributed by atoms with Gasteiger partial charge in [-0.3, -0.25) is 24.6 Å². The lowest BCUT2D eigenvalue weighted by Gasteiger charge is -2.25. The number of nitro benzene ring substituents is 1. The Balaban J connectivity index is 1.88. The first-order valence-electron chi connectivity index (χ1n) is 11.2. The zero-order valence-electron chi connectivity index (χ0n) is 19.9. The number of non-ortho nitro benzene ring substituents is 1. The predicted molar refractivity (Wildman–Crippen MR) is 133 cm³/mol. The van der Waals surface area contributed by atoms with E-state index in [4.69, 9.17) is 9.47 Å². The number of esters is 1. The highest BCUT2D eigenvalue weighted by Gasteiger charge is 2.47. The molecule has 3 aromatic rings. The average Bonchev–Trinajstić information content (AvgIpc) is 3.18. The number of carbonyl (C=O) groups excluding carboxylic acids is 3. The van der Waals surface area contributed by atoms with E-state index >= 15 is 0 Å². The molecule has 1 fully saturated rings. The van der Waals surface area contributed by atoms with E-state index in [0.29, 0.717) is 5.75 Å². The molecular weight excluding hydrogens is 480 g/mol. The van der Waals surface area contributed by atoms with Gasteiger partial charge in [0.15, 0.2) is 0 Å². The number of anilines is 1. The molecule has 0 saturated carbocycles.